The highest BCUT2D eigenvalue weighted by Crippen LogP contribution is 2.29. The molecule has 0 saturated carbocycles. The van der Waals surface area contributed by atoms with Gasteiger partial charge in [0.2, 0.25) is 0 Å². The average molecular weight is 332 g/mol. The Morgan fingerprint density at radius 1 is 1.09 bits per heavy atom. The number of hydrogen-bond donors (Lipinski definition) is 1. The zero-order valence-electron chi connectivity index (χ0n) is 11.0. The van der Waals surface area contributed by atoms with E-state index in [4.69, 9.17) is 11.6 Å². The molecule has 0 aromatic heterocycles. The molecule has 0 unspecified atom stereocenters. The molecule has 7 heteroatoms. The van der Waals surface area contributed by atoms with E-state index in [1.165, 1.54) is 24.3 Å². The molecule has 0 aliphatic carbocycles. The summed E-state index contributed by atoms with van der Waals surface area (Å²) >= 11 is 5.68. The highest BCUT2D eigenvalue weighted by Gasteiger charge is 2.29. The first-order valence-corrected chi connectivity index (χ1v) is 6.54. The Morgan fingerprint density at radius 3 is 2.32 bits per heavy atom. The molecular formula is C15H10ClF4NO. The van der Waals surface area contributed by atoms with Gasteiger partial charge in [0.05, 0.1) is 11.1 Å². The Morgan fingerprint density at radius 2 is 1.73 bits per heavy atom. The summed E-state index contributed by atoms with van der Waals surface area (Å²) in [4.78, 5) is 11.8. The van der Waals surface area contributed by atoms with Crippen molar-refractivity contribution in [3.63, 3.8) is 0 Å². The van der Waals surface area contributed by atoms with Crippen LogP contribution in [0.1, 0.15) is 21.5 Å². The molecule has 1 N–H and O–H groups in total. The average Bonchev–Trinajstić information content (AvgIpc) is 2.47. The van der Waals surface area contributed by atoms with Crippen molar-refractivity contribution in [1.29, 1.82) is 0 Å². The van der Waals surface area contributed by atoms with Crippen molar-refractivity contribution in [3.05, 3.63) is 70.0 Å². The first kappa shape index (κ1) is 16.3. The summed E-state index contributed by atoms with van der Waals surface area (Å²) in [7, 11) is 0. The Labute approximate surface area is 128 Å². The van der Waals surface area contributed by atoms with Crippen molar-refractivity contribution in [1.82, 2.24) is 5.32 Å². The van der Waals surface area contributed by atoms with Crippen molar-refractivity contribution in [2.24, 2.45) is 0 Å². The van der Waals surface area contributed by atoms with Crippen LogP contribution >= 0.6 is 11.6 Å². The monoisotopic (exact) mass is 331 g/mol. The van der Waals surface area contributed by atoms with E-state index in [-0.39, 0.29) is 17.1 Å². The maximum Gasteiger partial charge on any atom is 0.416 e. The number of benzene rings is 2. The third-order valence-electron chi connectivity index (χ3n) is 2.91. The summed E-state index contributed by atoms with van der Waals surface area (Å²) in [5, 5.41) is 2.63. The SMILES string of the molecule is O=C(NCc1ccc(C(F)(F)F)cc1)c1cc(Cl)ccc1F. The molecule has 1 amide bonds. The van der Waals surface area contributed by atoms with E-state index in [1.54, 1.807) is 0 Å². The van der Waals surface area contributed by atoms with E-state index in [0.717, 1.165) is 18.2 Å². The molecule has 0 bridgehead atoms. The fourth-order valence-electron chi connectivity index (χ4n) is 1.76. The molecule has 2 nitrogen and oxygen atoms in total. The number of alkyl halides is 3. The molecule has 2 rings (SSSR count). The zero-order valence-corrected chi connectivity index (χ0v) is 11.8. The van der Waals surface area contributed by atoms with E-state index < -0.39 is 23.5 Å². The van der Waals surface area contributed by atoms with E-state index in [1.807, 2.05) is 0 Å². The standard InChI is InChI=1S/C15H10ClF4NO/c16-11-5-6-13(17)12(7-11)14(22)21-8-9-1-3-10(4-2-9)15(18,19)20/h1-7H,8H2,(H,21,22). The number of carbonyl (C=O) groups excluding carboxylic acids is 1. The predicted octanol–water partition coefficient (Wildman–Crippen LogP) is 4.43. The largest absolute Gasteiger partial charge is 0.416 e. The van der Waals surface area contributed by atoms with Crippen molar-refractivity contribution < 1.29 is 22.4 Å². The first-order valence-electron chi connectivity index (χ1n) is 6.17. The first-order chi connectivity index (χ1) is 10.3. The van der Waals surface area contributed by atoms with Crippen LogP contribution in [-0.2, 0) is 12.7 Å². The number of halogens is 5. The molecule has 0 radical (unpaired) electrons. The Bertz CT molecular complexity index is 683. The molecule has 116 valence electrons. The number of nitrogens with one attached hydrogen (secondary N) is 1. The van der Waals surface area contributed by atoms with Crippen molar-refractivity contribution >= 4 is 17.5 Å². The molecule has 0 heterocycles. The normalized spacial score (nSPS) is 11.3. The third kappa shape index (κ3) is 3.98. The number of carbonyl (C=O) groups is 1. The minimum atomic E-state index is -4.41. The fourth-order valence-corrected chi connectivity index (χ4v) is 1.93. The van der Waals surface area contributed by atoms with Gasteiger partial charge in [-0.1, -0.05) is 23.7 Å². The lowest BCUT2D eigenvalue weighted by atomic mass is 10.1. The van der Waals surface area contributed by atoms with Gasteiger partial charge in [-0.2, -0.15) is 13.2 Å². The molecular weight excluding hydrogens is 322 g/mol. The Balaban J connectivity index is 2.04. The van der Waals surface area contributed by atoms with Crippen LogP contribution in [0.5, 0.6) is 0 Å². The molecule has 0 aliphatic heterocycles. The van der Waals surface area contributed by atoms with E-state index in [0.29, 0.717) is 5.56 Å². The van der Waals surface area contributed by atoms with Gasteiger partial charge in [-0.15, -0.1) is 0 Å². The highest BCUT2D eigenvalue weighted by atomic mass is 35.5. The highest BCUT2D eigenvalue weighted by molar-refractivity contribution is 6.30. The van der Waals surface area contributed by atoms with Crippen LogP contribution in [0.2, 0.25) is 5.02 Å². The smallest absolute Gasteiger partial charge is 0.348 e. The summed E-state index contributed by atoms with van der Waals surface area (Å²) < 4.78 is 50.7. The minimum Gasteiger partial charge on any atom is -0.348 e. The molecule has 22 heavy (non-hydrogen) atoms. The van der Waals surface area contributed by atoms with Crippen molar-refractivity contribution in [2.75, 3.05) is 0 Å². The molecule has 0 fully saturated rings. The van der Waals surface area contributed by atoms with Crippen LogP contribution in [0, 0.1) is 5.82 Å². The van der Waals surface area contributed by atoms with Crippen LogP contribution in [0.25, 0.3) is 0 Å². The number of rotatable bonds is 3. The second-order valence-electron chi connectivity index (χ2n) is 4.50. The summed E-state index contributed by atoms with van der Waals surface area (Å²) in [5.41, 5.74) is -0.535. The molecule has 0 saturated heterocycles. The van der Waals surface area contributed by atoms with Gasteiger partial charge in [0.15, 0.2) is 0 Å². The number of amides is 1. The summed E-state index contributed by atoms with van der Waals surface area (Å²) in [6, 6.07) is 7.88. The maximum absolute atomic E-state index is 13.5. The van der Waals surface area contributed by atoms with Gasteiger partial charge >= 0.3 is 6.18 Å². The van der Waals surface area contributed by atoms with Crippen molar-refractivity contribution in [2.45, 2.75) is 12.7 Å². The molecule has 2 aromatic rings. The van der Waals surface area contributed by atoms with Gasteiger partial charge < -0.3 is 5.32 Å². The second-order valence-corrected chi connectivity index (χ2v) is 4.94. The second kappa shape index (κ2) is 6.36. The van der Waals surface area contributed by atoms with Crippen LogP contribution in [0.4, 0.5) is 17.6 Å². The third-order valence-corrected chi connectivity index (χ3v) is 3.14. The molecule has 2 aromatic carbocycles. The van der Waals surface area contributed by atoms with Crippen LogP contribution in [-0.4, -0.2) is 5.91 Å². The lowest BCUT2D eigenvalue weighted by molar-refractivity contribution is -0.137. The topological polar surface area (TPSA) is 29.1 Å². The van der Waals surface area contributed by atoms with Crippen LogP contribution < -0.4 is 5.32 Å². The molecule has 0 atom stereocenters. The summed E-state index contributed by atoms with van der Waals surface area (Å²) in [5.74, 6) is -1.42. The van der Waals surface area contributed by atoms with Gasteiger partial charge in [0.1, 0.15) is 5.82 Å². The van der Waals surface area contributed by atoms with Crippen LogP contribution in [0.3, 0.4) is 0 Å². The van der Waals surface area contributed by atoms with E-state index in [2.05, 4.69) is 5.32 Å². The molecule has 0 aliphatic rings. The quantitative estimate of drug-likeness (QED) is 0.828. The van der Waals surface area contributed by atoms with Crippen molar-refractivity contribution in [3.8, 4) is 0 Å². The molecule has 0 spiro atoms. The Kier molecular flexibility index (Phi) is 4.71. The summed E-state index contributed by atoms with van der Waals surface area (Å²) in [6.45, 7) is -0.0249. The summed E-state index contributed by atoms with van der Waals surface area (Å²) in [6.07, 6.45) is -4.41. The maximum atomic E-state index is 13.5. The van der Waals surface area contributed by atoms with Gasteiger partial charge in [-0.25, -0.2) is 4.39 Å². The Hall–Kier alpha value is -2.08. The minimum absolute atomic E-state index is 0.0249. The lowest BCUT2D eigenvalue weighted by Crippen LogP contribution is -2.23. The zero-order chi connectivity index (χ0) is 16.3. The predicted molar refractivity (Wildman–Crippen MR) is 74.0 cm³/mol. The van der Waals surface area contributed by atoms with Gasteiger partial charge in [-0.3, -0.25) is 4.79 Å². The van der Waals surface area contributed by atoms with E-state index in [9.17, 15) is 22.4 Å². The fraction of sp³-hybridized carbons (Fsp3) is 0.133. The van der Waals surface area contributed by atoms with Gasteiger partial charge in [0.25, 0.3) is 5.91 Å². The van der Waals surface area contributed by atoms with Gasteiger partial charge in [0, 0.05) is 11.6 Å². The van der Waals surface area contributed by atoms with Crippen LogP contribution in [0.15, 0.2) is 42.5 Å². The lowest BCUT2D eigenvalue weighted by Gasteiger charge is -2.09. The van der Waals surface area contributed by atoms with E-state index >= 15 is 0 Å². The van der Waals surface area contributed by atoms with Gasteiger partial charge in [-0.05, 0) is 35.9 Å². The number of hydrogen-bond acceptors (Lipinski definition) is 1.